The molecule has 25 heavy (non-hydrogen) atoms. The summed E-state index contributed by atoms with van der Waals surface area (Å²) in [5, 5.41) is 21.6. The molecule has 0 saturated heterocycles. The van der Waals surface area contributed by atoms with E-state index in [-0.39, 0.29) is 22.3 Å². The number of methoxy groups -OCH3 is 1. The van der Waals surface area contributed by atoms with Crippen LogP contribution < -0.4 is 4.74 Å². The maximum atomic E-state index is 11.0. The van der Waals surface area contributed by atoms with Crippen LogP contribution in [0.15, 0.2) is 24.3 Å². The fraction of sp³-hybridized carbons (Fsp3) is 0.455. The Bertz CT molecular complexity index is 790. The van der Waals surface area contributed by atoms with Gasteiger partial charge in [-0.05, 0) is 47.1 Å². The van der Waals surface area contributed by atoms with Crippen LogP contribution in [-0.4, -0.2) is 17.3 Å². The second-order valence-corrected chi connectivity index (χ2v) is 8.78. The van der Waals surface area contributed by atoms with Crippen molar-refractivity contribution in [3.05, 3.63) is 41.0 Å². The van der Waals surface area contributed by atoms with Gasteiger partial charge in [0, 0.05) is 16.7 Å². The quantitative estimate of drug-likeness (QED) is 0.738. The number of ether oxygens (including phenoxy) is 1. The van der Waals surface area contributed by atoms with Gasteiger partial charge in [-0.25, -0.2) is 0 Å². The lowest BCUT2D eigenvalue weighted by molar-refractivity contribution is 0.374. The van der Waals surface area contributed by atoms with Crippen LogP contribution >= 0.6 is 0 Å². The van der Waals surface area contributed by atoms with Crippen molar-refractivity contribution in [1.82, 2.24) is 0 Å². The predicted molar refractivity (Wildman–Crippen MR) is 104 cm³/mol. The smallest absolute Gasteiger partial charge is 0.165 e. The molecule has 0 bridgehead atoms. The van der Waals surface area contributed by atoms with Crippen molar-refractivity contribution in [2.75, 3.05) is 7.11 Å². The Hall–Kier alpha value is -2.16. The van der Waals surface area contributed by atoms with E-state index in [0.717, 1.165) is 16.7 Å². The van der Waals surface area contributed by atoms with E-state index < -0.39 is 0 Å². The zero-order valence-corrected chi connectivity index (χ0v) is 16.6. The molecule has 0 atom stereocenters. The van der Waals surface area contributed by atoms with Crippen LogP contribution in [0.4, 0.5) is 0 Å². The number of hydrogen-bond donors (Lipinski definition) is 2. The molecule has 2 N–H and O–H groups in total. The number of hydrogen-bond acceptors (Lipinski definition) is 3. The molecule has 0 fully saturated rings. The van der Waals surface area contributed by atoms with Crippen molar-refractivity contribution in [3.63, 3.8) is 0 Å². The van der Waals surface area contributed by atoms with E-state index in [9.17, 15) is 10.2 Å². The molecule has 0 aromatic heterocycles. The van der Waals surface area contributed by atoms with Crippen LogP contribution in [0.2, 0.25) is 0 Å². The summed E-state index contributed by atoms with van der Waals surface area (Å²) in [7, 11) is 1.53. The van der Waals surface area contributed by atoms with Gasteiger partial charge in [-0.3, -0.25) is 0 Å². The highest BCUT2D eigenvalue weighted by molar-refractivity contribution is 5.80. The number of phenols is 2. The first kappa shape index (κ1) is 19.2. The fourth-order valence-electron chi connectivity index (χ4n) is 2.95. The average molecular weight is 342 g/mol. The Labute approximate surface area is 151 Å². The molecule has 0 saturated carbocycles. The molecule has 0 aliphatic carbocycles. The molecule has 0 heterocycles. The first-order valence-corrected chi connectivity index (χ1v) is 8.62. The van der Waals surface area contributed by atoms with Crippen LogP contribution in [0.25, 0.3) is 11.1 Å². The molecule has 0 unspecified atom stereocenters. The summed E-state index contributed by atoms with van der Waals surface area (Å²) in [5.41, 5.74) is 3.88. The van der Waals surface area contributed by atoms with E-state index in [0.29, 0.717) is 16.9 Å². The maximum absolute atomic E-state index is 11.0. The van der Waals surface area contributed by atoms with Gasteiger partial charge in [0.2, 0.25) is 0 Å². The average Bonchev–Trinajstić information content (AvgIpc) is 2.47. The second-order valence-electron chi connectivity index (χ2n) is 8.78. The number of rotatable bonds is 2. The molecule has 136 valence electrons. The summed E-state index contributed by atoms with van der Waals surface area (Å²) in [6.45, 7) is 14.6. The molecule has 3 nitrogen and oxygen atoms in total. The molecule has 3 heteroatoms. The minimum absolute atomic E-state index is 0.0503. The number of aromatic hydroxyl groups is 2. The van der Waals surface area contributed by atoms with Crippen LogP contribution in [-0.2, 0) is 10.8 Å². The lowest BCUT2D eigenvalue weighted by Crippen LogP contribution is -2.17. The zero-order chi connectivity index (χ0) is 19.2. The molecule has 2 aromatic rings. The Morgan fingerprint density at radius 1 is 0.760 bits per heavy atom. The third kappa shape index (κ3) is 3.76. The Morgan fingerprint density at radius 2 is 1.32 bits per heavy atom. The maximum Gasteiger partial charge on any atom is 0.165 e. The molecule has 2 aromatic carbocycles. The molecular weight excluding hydrogens is 312 g/mol. The van der Waals surface area contributed by atoms with E-state index in [1.54, 1.807) is 6.07 Å². The van der Waals surface area contributed by atoms with Crippen molar-refractivity contribution in [1.29, 1.82) is 0 Å². The Balaban J connectivity index is 2.89. The van der Waals surface area contributed by atoms with E-state index in [4.69, 9.17) is 4.74 Å². The Kier molecular flexibility index (Phi) is 4.82. The minimum atomic E-state index is -0.219. The van der Waals surface area contributed by atoms with E-state index in [1.165, 1.54) is 7.11 Å². The van der Waals surface area contributed by atoms with Gasteiger partial charge in [0.05, 0.1) is 7.11 Å². The van der Waals surface area contributed by atoms with Gasteiger partial charge in [0.15, 0.2) is 11.5 Å². The van der Waals surface area contributed by atoms with Gasteiger partial charge in [-0.1, -0.05) is 47.6 Å². The third-order valence-corrected chi connectivity index (χ3v) is 4.51. The predicted octanol–water partition coefficient (Wildman–Crippen LogP) is 5.68. The summed E-state index contributed by atoms with van der Waals surface area (Å²) in [5.74, 6) is 0.672. The van der Waals surface area contributed by atoms with E-state index in [1.807, 2.05) is 19.1 Å². The van der Waals surface area contributed by atoms with Crippen LogP contribution in [0, 0.1) is 6.92 Å². The van der Waals surface area contributed by atoms with Crippen LogP contribution in [0.1, 0.15) is 58.2 Å². The number of phenolic OH excluding ortho intramolecular Hbond substituents is 2. The lowest BCUT2D eigenvalue weighted by Gasteiger charge is -2.28. The van der Waals surface area contributed by atoms with Crippen molar-refractivity contribution < 1.29 is 14.9 Å². The molecular formula is C22H30O3. The van der Waals surface area contributed by atoms with E-state index in [2.05, 4.69) is 47.6 Å². The highest BCUT2D eigenvalue weighted by Gasteiger charge is 2.26. The zero-order valence-electron chi connectivity index (χ0n) is 16.6. The van der Waals surface area contributed by atoms with Crippen molar-refractivity contribution in [3.8, 4) is 28.4 Å². The topological polar surface area (TPSA) is 49.7 Å². The second kappa shape index (κ2) is 6.29. The van der Waals surface area contributed by atoms with Gasteiger partial charge in [0.25, 0.3) is 0 Å². The monoisotopic (exact) mass is 342 g/mol. The van der Waals surface area contributed by atoms with Gasteiger partial charge in [-0.15, -0.1) is 0 Å². The van der Waals surface area contributed by atoms with Crippen molar-refractivity contribution in [2.24, 2.45) is 0 Å². The number of aryl methyl sites for hydroxylation is 1. The standard InChI is InChI=1S/C22H30O3/c1-13-9-15(20(24)18(10-13)25-8)16-11-14(21(2,3)4)12-17(19(16)23)22(5,6)7/h9-12,23-24H,1-8H3. The summed E-state index contributed by atoms with van der Waals surface area (Å²) in [4.78, 5) is 0. The van der Waals surface area contributed by atoms with Crippen LogP contribution in [0.3, 0.4) is 0 Å². The first-order chi connectivity index (χ1) is 11.4. The summed E-state index contributed by atoms with van der Waals surface area (Å²) in [6, 6.07) is 7.71. The van der Waals surface area contributed by atoms with Gasteiger partial charge in [-0.2, -0.15) is 0 Å². The lowest BCUT2D eigenvalue weighted by atomic mass is 9.78. The summed E-state index contributed by atoms with van der Waals surface area (Å²) in [6.07, 6.45) is 0. The summed E-state index contributed by atoms with van der Waals surface area (Å²) < 4.78 is 5.29. The highest BCUT2D eigenvalue weighted by atomic mass is 16.5. The minimum Gasteiger partial charge on any atom is -0.507 e. The third-order valence-electron chi connectivity index (χ3n) is 4.51. The first-order valence-electron chi connectivity index (χ1n) is 8.62. The van der Waals surface area contributed by atoms with E-state index >= 15 is 0 Å². The van der Waals surface area contributed by atoms with Gasteiger partial charge >= 0.3 is 0 Å². The van der Waals surface area contributed by atoms with Crippen molar-refractivity contribution in [2.45, 2.75) is 59.3 Å². The van der Waals surface area contributed by atoms with Gasteiger partial charge < -0.3 is 14.9 Å². The number of benzene rings is 2. The Morgan fingerprint density at radius 3 is 1.80 bits per heavy atom. The molecule has 0 radical (unpaired) electrons. The summed E-state index contributed by atoms with van der Waals surface area (Å²) >= 11 is 0. The molecule has 0 aliphatic heterocycles. The van der Waals surface area contributed by atoms with Crippen molar-refractivity contribution >= 4 is 0 Å². The van der Waals surface area contributed by atoms with Gasteiger partial charge in [0.1, 0.15) is 5.75 Å². The van der Waals surface area contributed by atoms with Crippen LogP contribution in [0.5, 0.6) is 17.2 Å². The molecule has 0 amide bonds. The molecule has 0 spiro atoms. The highest BCUT2D eigenvalue weighted by Crippen LogP contribution is 2.46. The molecule has 2 rings (SSSR count). The largest absolute Gasteiger partial charge is 0.507 e. The molecule has 0 aliphatic rings. The SMILES string of the molecule is COc1cc(C)cc(-c2cc(C(C)(C)C)cc(C(C)(C)C)c2O)c1O. The fourth-order valence-corrected chi connectivity index (χ4v) is 2.95. The normalized spacial score (nSPS) is 12.3.